The second-order valence-corrected chi connectivity index (χ2v) is 12.2. The summed E-state index contributed by atoms with van der Waals surface area (Å²) in [5, 5.41) is 11.7. The maximum absolute atomic E-state index is 14.6. The molecule has 12 heteroatoms. The van der Waals surface area contributed by atoms with E-state index in [1.807, 2.05) is 12.3 Å². The Kier molecular flexibility index (Phi) is 7.01. The van der Waals surface area contributed by atoms with Crippen LogP contribution in [0.2, 0.25) is 0 Å². The van der Waals surface area contributed by atoms with Gasteiger partial charge in [-0.15, -0.1) is 0 Å². The molecule has 10 nitrogen and oxygen atoms in total. The minimum atomic E-state index is -3.19. The molecule has 41 heavy (non-hydrogen) atoms. The Morgan fingerprint density at radius 1 is 0.951 bits per heavy atom. The van der Waals surface area contributed by atoms with Crippen LogP contribution in [0.25, 0.3) is 56.0 Å². The summed E-state index contributed by atoms with van der Waals surface area (Å²) >= 11 is 0. The van der Waals surface area contributed by atoms with E-state index in [0.717, 1.165) is 47.1 Å². The van der Waals surface area contributed by atoms with Crippen molar-refractivity contribution >= 4 is 31.8 Å². The van der Waals surface area contributed by atoms with Crippen LogP contribution in [-0.2, 0) is 22.8 Å². The molecule has 5 aromatic heterocycles. The Morgan fingerprint density at radius 3 is 2.63 bits per heavy atom. The van der Waals surface area contributed by atoms with Gasteiger partial charge in [0.1, 0.15) is 26.9 Å². The lowest BCUT2D eigenvalue weighted by Gasteiger charge is -2.06. The van der Waals surface area contributed by atoms with Gasteiger partial charge < -0.3 is 10.3 Å². The second kappa shape index (κ2) is 10.8. The third-order valence-corrected chi connectivity index (χ3v) is 7.68. The number of hydrogen-bond acceptors (Lipinski definition) is 8. The number of aromatic nitrogens is 7. The molecule has 3 N–H and O–H groups in total. The van der Waals surface area contributed by atoms with E-state index in [0.29, 0.717) is 39.4 Å². The van der Waals surface area contributed by atoms with Crippen molar-refractivity contribution in [2.45, 2.75) is 19.9 Å². The average Bonchev–Trinajstić information content (AvgIpc) is 3.58. The van der Waals surface area contributed by atoms with Gasteiger partial charge in [-0.2, -0.15) is 5.10 Å². The van der Waals surface area contributed by atoms with Gasteiger partial charge in [0.25, 0.3) is 0 Å². The summed E-state index contributed by atoms with van der Waals surface area (Å²) in [5.41, 5.74) is 6.89. The molecule has 0 spiro atoms. The summed E-state index contributed by atoms with van der Waals surface area (Å²) < 4.78 is 37.9. The fourth-order valence-electron chi connectivity index (χ4n) is 4.74. The topological polar surface area (TPSA) is 142 Å². The van der Waals surface area contributed by atoms with Crippen molar-refractivity contribution < 1.29 is 12.8 Å². The van der Waals surface area contributed by atoms with Crippen LogP contribution in [0.15, 0.2) is 61.2 Å². The van der Waals surface area contributed by atoms with Gasteiger partial charge >= 0.3 is 0 Å². The van der Waals surface area contributed by atoms with Gasteiger partial charge in [-0.25, -0.2) is 17.8 Å². The zero-order valence-electron chi connectivity index (χ0n) is 22.4. The third-order valence-electron chi connectivity index (χ3n) is 6.73. The van der Waals surface area contributed by atoms with Gasteiger partial charge in [0, 0.05) is 47.9 Å². The fraction of sp³-hybridized carbons (Fsp3) is 0.207. The van der Waals surface area contributed by atoms with Gasteiger partial charge in [-0.1, -0.05) is 6.92 Å². The number of nitrogens with one attached hydrogen (secondary N) is 3. The van der Waals surface area contributed by atoms with E-state index in [1.54, 1.807) is 30.7 Å². The largest absolute Gasteiger partial charge is 0.336 e. The zero-order valence-corrected chi connectivity index (χ0v) is 23.3. The molecule has 0 amide bonds. The molecule has 6 rings (SSSR count). The number of sulfone groups is 1. The first-order chi connectivity index (χ1) is 19.8. The molecular formula is C29H27FN8O2S. The molecule has 0 aliphatic heterocycles. The monoisotopic (exact) mass is 570 g/mol. The third kappa shape index (κ3) is 5.70. The van der Waals surface area contributed by atoms with E-state index in [9.17, 15) is 12.8 Å². The number of hydrogen-bond donors (Lipinski definition) is 3. The first kappa shape index (κ1) is 26.7. The number of imidazole rings is 1. The van der Waals surface area contributed by atoms with Crippen LogP contribution in [0.5, 0.6) is 0 Å². The van der Waals surface area contributed by atoms with E-state index in [4.69, 9.17) is 4.98 Å². The fourth-order valence-corrected chi connectivity index (χ4v) is 5.35. The molecule has 0 radical (unpaired) electrons. The van der Waals surface area contributed by atoms with Crippen molar-refractivity contribution in [1.82, 2.24) is 40.4 Å². The molecule has 0 bridgehead atoms. The molecule has 0 aliphatic rings. The average molecular weight is 571 g/mol. The van der Waals surface area contributed by atoms with Gasteiger partial charge in [-0.05, 0) is 60.5 Å². The summed E-state index contributed by atoms with van der Waals surface area (Å²) in [7, 11) is -3.19. The molecule has 208 valence electrons. The van der Waals surface area contributed by atoms with Crippen molar-refractivity contribution in [3.8, 4) is 34.0 Å². The predicted molar refractivity (Wildman–Crippen MR) is 156 cm³/mol. The van der Waals surface area contributed by atoms with Crippen LogP contribution in [0.4, 0.5) is 4.39 Å². The summed E-state index contributed by atoms with van der Waals surface area (Å²) in [6.45, 7) is 3.64. The number of aryl methyl sites for hydroxylation is 1. The Bertz CT molecular complexity index is 2000. The molecule has 1 aromatic carbocycles. The van der Waals surface area contributed by atoms with Crippen LogP contribution in [0.3, 0.4) is 0 Å². The molecular weight excluding hydrogens is 543 g/mol. The quantitative estimate of drug-likeness (QED) is 0.231. The molecule has 0 atom stereocenters. The Labute approximate surface area is 235 Å². The minimum absolute atomic E-state index is 0.0703. The van der Waals surface area contributed by atoms with Crippen molar-refractivity contribution in [1.29, 1.82) is 0 Å². The number of benzene rings is 1. The Balaban J connectivity index is 1.39. The lowest BCUT2D eigenvalue weighted by atomic mass is 10.0. The molecule has 0 saturated heterocycles. The van der Waals surface area contributed by atoms with E-state index in [2.05, 4.69) is 48.4 Å². The highest BCUT2D eigenvalue weighted by Gasteiger charge is 2.18. The summed E-state index contributed by atoms with van der Waals surface area (Å²) in [4.78, 5) is 21.6. The zero-order chi connectivity index (χ0) is 28.6. The molecule has 0 fully saturated rings. The minimum Gasteiger partial charge on any atom is -0.336 e. The lowest BCUT2D eigenvalue weighted by molar-refractivity contribution is 0.600. The summed E-state index contributed by atoms with van der Waals surface area (Å²) in [6.07, 6.45) is 8.34. The molecule has 0 aliphatic carbocycles. The van der Waals surface area contributed by atoms with Crippen molar-refractivity contribution in [3.63, 3.8) is 0 Å². The van der Waals surface area contributed by atoms with Crippen LogP contribution >= 0.6 is 0 Å². The Hall–Kier alpha value is -4.55. The second-order valence-electron chi connectivity index (χ2n) is 9.92. The van der Waals surface area contributed by atoms with Crippen molar-refractivity contribution in [3.05, 3.63) is 78.1 Å². The standard InChI is InChI=1S/C29H27FN8O2S/c1-3-31-13-18-9-20(15-32-14-18)24-12-22-25(16-34-24)37-38-27(22)29-35-23-4-6-33-26(28(23)36-29)19-8-17(10-21(30)11-19)5-7-41(2,39)40/h4,6,8-12,14-16,31H,3,5,7,13H2,1-2H3,(H,35,36)(H,37,38). The van der Waals surface area contributed by atoms with Gasteiger partial charge in [0.05, 0.1) is 34.4 Å². The van der Waals surface area contributed by atoms with Crippen LogP contribution in [-0.4, -0.2) is 62.1 Å². The number of halogens is 1. The van der Waals surface area contributed by atoms with Gasteiger partial charge in [0.2, 0.25) is 0 Å². The van der Waals surface area contributed by atoms with Crippen LogP contribution in [0.1, 0.15) is 18.1 Å². The highest BCUT2D eigenvalue weighted by molar-refractivity contribution is 7.90. The number of fused-ring (bicyclic) bond motifs is 2. The lowest BCUT2D eigenvalue weighted by Crippen LogP contribution is -2.11. The van der Waals surface area contributed by atoms with Gasteiger partial charge in [0.15, 0.2) is 5.82 Å². The molecule has 0 unspecified atom stereocenters. The summed E-state index contributed by atoms with van der Waals surface area (Å²) in [5.74, 6) is -0.0209. The molecule has 0 saturated carbocycles. The predicted octanol–water partition coefficient (Wildman–Crippen LogP) is 4.46. The van der Waals surface area contributed by atoms with E-state index < -0.39 is 15.7 Å². The smallest absolute Gasteiger partial charge is 0.159 e. The van der Waals surface area contributed by atoms with Crippen molar-refractivity contribution in [2.24, 2.45) is 0 Å². The van der Waals surface area contributed by atoms with Crippen LogP contribution < -0.4 is 5.32 Å². The number of H-pyrrole nitrogens is 2. The maximum atomic E-state index is 14.6. The number of rotatable bonds is 9. The van der Waals surface area contributed by atoms with E-state index in [1.165, 1.54) is 12.1 Å². The molecule has 5 heterocycles. The summed E-state index contributed by atoms with van der Waals surface area (Å²) in [6, 6.07) is 10.3. The van der Waals surface area contributed by atoms with Crippen molar-refractivity contribution in [2.75, 3.05) is 18.6 Å². The first-order valence-corrected chi connectivity index (χ1v) is 15.2. The highest BCUT2D eigenvalue weighted by atomic mass is 32.2. The molecule has 6 aromatic rings. The number of aromatic amines is 2. The SMILES string of the molecule is CCNCc1cncc(-c2cc3c(-c4nc5c(-c6cc(F)cc(CCS(C)(=O)=O)c6)nccc5[nH]4)n[nH]c3cn2)c1. The normalized spacial score (nSPS) is 12.0. The van der Waals surface area contributed by atoms with Gasteiger partial charge in [-0.3, -0.25) is 20.1 Å². The Morgan fingerprint density at radius 2 is 1.80 bits per heavy atom. The number of nitrogens with zero attached hydrogens (tertiary/aromatic N) is 5. The first-order valence-electron chi connectivity index (χ1n) is 13.1. The van der Waals surface area contributed by atoms with E-state index in [-0.39, 0.29) is 12.2 Å². The van der Waals surface area contributed by atoms with Crippen LogP contribution in [0, 0.1) is 5.82 Å². The van der Waals surface area contributed by atoms with E-state index >= 15 is 0 Å². The number of pyridine rings is 3. The maximum Gasteiger partial charge on any atom is 0.159 e. The highest BCUT2D eigenvalue weighted by Crippen LogP contribution is 2.32.